The van der Waals surface area contributed by atoms with Crippen LogP contribution in [0.4, 0.5) is 5.82 Å². The Morgan fingerprint density at radius 3 is 2.48 bits per heavy atom. The monoisotopic (exact) mass is 333 g/mol. The third-order valence-electron chi connectivity index (χ3n) is 5.44. The molecule has 1 aliphatic heterocycles. The Balaban J connectivity index is 1.34. The van der Waals surface area contributed by atoms with Crippen molar-refractivity contribution in [3.05, 3.63) is 66.4 Å². The molecule has 2 heterocycles. The van der Waals surface area contributed by atoms with Gasteiger partial charge in [-0.15, -0.1) is 0 Å². The molecule has 0 spiro atoms. The van der Waals surface area contributed by atoms with Crippen molar-refractivity contribution in [2.45, 2.75) is 19.3 Å². The molecular weight excluding hydrogens is 306 g/mol. The van der Waals surface area contributed by atoms with Crippen molar-refractivity contribution in [1.29, 1.82) is 0 Å². The zero-order valence-electron chi connectivity index (χ0n) is 14.8. The summed E-state index contributed by atoms with van der Waals surface area (Å²) in [7, 11) is 0. The fourth-order valence-electron chi connectivity index (χ4n) is 4.07. The van der Waals surface area contributed by atoms with Gasteiger partial charge >= 0.3 is 0 Å². The zero-order chi connectivity index (χ0) is 16.9. The molecule has 130 valence electrons. The van der Waals surface area contributed by atoms with E-state index in [9.17, 15) is 0 Å². The number of rotatable bonds is 4. The third kappa shape index (κ3) is 4.10. The van der Waals surface area contributed by atoms with Crippen molar-refractivity contribution in [1.82, 2.24) is 9.88 Å². The molecule has 1 atom stereocenters. The summed E-state index contributed by atoms with van der Waals surface area (Å²) in [5.41, 5.74) is 2.95. The second kappa shape index (κ2) is 7.83. The van der Waals surface area contributed by atoms with Crippen LogP contribution >= 0.6 is 0 Å². The minimum atomic E-state index is 0.699. The van der Waals surface area contributed by atoms with Gasteiger partial charge in [0.15, 0.2) is 0 Å². The number of anilines is 1. The molecule has 0 bridgehead atoms. The topological polar surface area (TPSA) is 19.4 Å². The molecule has 1 aromatic carbocycles. The number of piperazine rings is 1. The number of aromatic nitrogens is 1. The van der Waals surface area contributed by atoms with Gasteiger partial charge in [0.05, 0.1) is 0 Å². The molecule has 1 aliphatic carbocycles. The van der Waals surface area contributed by atoms with Crippen LogP contribution in [-0.4, -0.2) is 42.6 Å². The van der Waals surface area contributed by atoms with Gasteiger partial charge in [-0.25, -0.2) is 4.98 Å². The van der Waals surface area contributed by atoms with Crippen LogP contribution < -0.4 is 4.90 Å². The van der Waals surface area contributed by atoms with Gasteiger partial charge in [0, 0.05) is 38.9 Å². The summed E-state index contributed by atoms with van der Waals surface area (Å²) in [6.07, 6.45) is 8.31. The molecular formula is C22H27N3. The van der Waals surface area contributed by atoms with Gasteiger partial charge in [0.1, 0.15) is 5.82 Å². The van der Waals surface area contributed by atoms with Crippen LogP contribution in [0, 0.1) is 5.92 Å². The number of hydrogen-bond acceptors (Lipinski definition) is 3. The molecule has 2 aromatic rings. The standard InChI is InChI=1S/C22H27N3/c1-2-8-20(9-3-1)21-10-6-7-19(17-21)18-24-13-15-25(16-14-24)22-11-4-5-12-23-22/h1-5,8-9,11-12,17,19H,6-7,10,13-16,18H2. The van der Waals surface area contributed by atoms with E-state index in [2.05, 4.69) is 63.3 Å². The summed E-state index contributed by atoms with van der Waals surface area (Å²) in [5, 5.41) is 0. The van der Waals surface area contributed by atoms with E-state index in [1.807, 2.05) is 12.3 Å². The van der Waals surface area contributed by atoms with Crippen LogP contribution in [0.3, 0.4) is 0 Å². The lowest BCUT2D eigenvalue weighted by Gasteiger charge is -2.37. The van der Waals surface area contributed by atoms with Gasteiger partial charge in [-0.1, -0.05) is 42.5 Å². The molecule has 1 saturated heterocycles. The molecule has 2 aliphatic rings. The first-order chi connectivity index (χ1) is 12.4. The van der Waals surface area contributed by atoms with E-state index in [1.165, 1.54) is 31.4 Å². The lowest BCUT2D eigenvalue weighted by atomic mass is 9.87. The molecule has 3 heteroatoms. The van der Waals surface area contributed by atoms with Gasteiger partial charge in [0.2, 0.25) is 0 Å². The maximum atomic E-state index is 4.48. The summed E-state index contributed by atoms with van der Waals surface area (Å²) >= 11 is 0. The highest BCUT2D eigenvalue weighted by Crippen LogP contribution is 2.30. The number of nitrogens with zero attached hydrogens (tertiary/aromatic N) is 3. The summed E-state index contributed by atoms with van der Waals surface area (Å²) < 4.78 is 0. The van der Waals surface area contributed by atoms with Crippen molar-refractivity contribution < 1.29 is 0 Å². The van der Waals surface area contributed by atoms with Crippen LogP contribution in [0.15, 0.2) is 60.8 Å². The van der Waals surface area contributed by atoms with E-state index in [0.717, 1.165) is 32.0 Å². The summed E-state index contributed by atoms with van der Waals surface area (Å²) in [5.74, 6) is 1.82. The normalized spacial score (nSPS) is 21.8. The predicted molar refractivity (Wildman–Crippen MR) is 105 cm³/mol. The van der Waals surface area contributed by atoms with Gasteiger partial charge in [-0.2, -0.15) is 0 Å². The molecule has 0 N–H and O–H groups in total. The Kier molecular flexibility index (Phi) is 5.12. The smallest absolute Gasteiger partial charge is 0.128 e. The van der Waals surface area contributed by atoms with Crippen molar-refractivity contribution in [3.63, 3.8) is 0 Å². The first kappa shape index (κ1) is 16.3. The van der Waals surface area contributed by atoms with E-state index in [4.69, 9.17) is 0 Å². The van der Waals surface area contributed by atoms with Crippen LogP contribution in [-0.2, 0) is 0 Å². The predicted octanol–water partition coefficient (Wildman–Crippen LogP) is 4.09. The molecule has 1 aromatic heterocycles. The number of pyridine rings is 1. The number of hydrogen-bond donors (Lipinski definition) is 0. The molecule has 1 fully saturated rings. The van der Waals surface area contributed by atoms with Crippen LogP contribution in [0.25, 0.3) is 5.57 Å². The lowest BCUT2D eigenvalue weighted by Crippen LogP contribution is -2.48. The van der Waals surface area contributed by atoms with Crippen molar-refractivity contribution >= 4 is 11.4 Å². The fourth-order valence-corrected chi connectivity index (χ4v) is 4.07. The van der Waals surface area contributed by atoms with Gasteiger partial charge in [-0.3, -0.25) is 4.90 Å². The zero-order valence-corrected chi connectivity index (χ0v) is 14.8. The Morgan fingerprint density at radius 2 is 1.72 bits per heavy atom. The molecule has 25 heavy (non-hydrogen) atoms. The highest BCUT2D eigenvalue weighted by molar-refractivity contribution is 5.66. The van der Waals surface area contributed by atoms with Crippen molar-refractivity contribution in [3.8, 4) is 0 Å². The summed E-state index contributed by atoms with van der Waals surface area (Å²) in [4.78, 5) is 9.52. The van der Waals surface area contributed by atoms with E-state index < -0.39 is 0 Å². The van der Waals surface area contributed by atoms with Crippen LogP contribution in [0.1, 0.15) is 24.8 Å². The van der Waals surface area contributed by atoms with E-state index in [0.29, 0.717) is 5.92 Å². The van der Waals surface area contributed by atoms with E-state index >= 15 is 0 Å². The third-order valence-corrected chi connectivity index (χ3v) is 5.44. The molecule has 0 radical (unpaired) electrons. The largest absolute Gasteiger partial charge is 0.354 e. The SMILES string of the molecule is C1=C(c2ccccc2)CCCC1CN1CCN(c2ccccn2)CC1. The molecule has 3 nitrogen and oxygen atoms in total. The summed E-state index contributed by atoms with van der Waals surface area (Å²) in [6.45, 7) is 5.65. The average Bonchev–Trinajstić information content (AvgIpc) is 2.70. The molecule has 4 rings (SSSR count). The Morgan fingerprint density at radius 1 is 0.920 bits per heavy atom. The lowest BCUT2D eigenvalue weighted by molar-refractivity contribution is 0.227. The maximum Gasteiger partial charge on any atom is 0.128 e. The Hall–Kier alpha value is -2.13. The second-order valence-corrected chi connectivity index (χ2v) is 7.19. The molecule has 0 amide bonds. The Bertz CT molecular complexity index is 688. The van der Waals surface area contributed by atoms with E-state index in [1.54, 1.807) is 5.57 Å². The Labute approximate surface area is 151 Å². The maximum absolute atomic E-state index is 4.48. The van der Waals surface area contributed by atoms with Gasteiger partial charge in [-0.05, 0) is 48.4 Å². The average molecular weight is 333 g/mol. The number of benzene rings is 1. The molecule has 1 unspecified atom stereocenters. The highest BCUT2D eigenvalue weighted by atomic mass is 15.3. The minimum absolute atomic E-state index is 0.699. The first-order valence-corrected chi connectivity index (χ1v) is 9.53. The van der Waals surface area contributed by atoms with Gasteiger partial charge in [0.25, 0.3) is 0 Å². The second-order valence-electron chi connectivity index (χ2n) is 7.19. The van der Waals surface area contributed by atoms with Crippen molar-refractivity contribution in [2.75, 3.05) is 37.6 Å². The van der Waals surface area contributed by atoms with E-state index in [-0.39, 0.29) is 0 Å². The van der Waals surface area contributed by atoms with Crippen molar-refractivity contribution in [2.24, 2.45) is 5.92 Å². The minimum Gasteiger partial charge on any atom is -0.354 e. The summed E-state index contributed by atoms with van der Waals surface area (Å²) in [6, 6.07) is 17.1. The van der Waals surface area contributed by atoms with Crippen LogP contribution in [0.2, 0.25) is 0 Å². The number of allylic oxidation sites excluding steroid dienone is 1. The quantitative estimate of drug-likeness (QED) is 0.840. The highest BCUT2D eigenvalue weighted by Gasteiger charge is 2.22. The fraction of sp³-hybridized carbons (Fsp3) is 0.409. The van der Waals surface area contributed by atoms with Crippen LogP contribution in [0.5, 0.6) is 0 Å². The van der Waals surface area contributed by atoms with Gasteiger partial charge < -0.3 is 4.90 Å². The molecule has 0 saturated carbocycles. The first-order valence-electron chi connectivity index (χ1n) is 9.53.